The quantitative estimate of drug-likeness (QED) is 0.305. The molecule has 4 aromatic rings. The highest BCUT2D eigenvalue weighted by atomic mass is 32.2. The summed E-state index contributed by atoms with van der Waals surface area (Å²) >= 11 is 0. The van der Waals surface area contributed by atoms with Gasteiger partial charge in [0.05, 0.1) is 27.5 Å². The first-order chi connectivity index (χ1) is 17.4. The Morgan fingerprint density at radius 1 is 0.946 bits per heavy atom. The van der Waals surface area contributed by atoms with Gasteiger partial charge in [-0.2, -0.15) is 4.31 Å². The molecule has 0 aliphatic carbocycles. The molecule has 8 heteroatoms. The summed E-state index contributed by atoms with van der Waals surface area (Å²) in [5.74, 6) is -0.161. The molecule has 0 fully saturated rings. The normalized spacial score (nSPS) is 13.0. The molecule has 0 N–H and O–H groups in total. The molecule has 0 aliphatic heterocycles. The van der Waals surface area contributed by atoms with Crippen molar-refractivity contribution >= 4 is 20.9 Å². The number of rotatable bonds is 7. The summed E-state index contributed by atoms with van der Waals surface area (Å²) in [6.07, 6.45) is 0. The van der Waals surface area contributed by atoms with Gasteiger partial charge in [-0.1, -0.05) is 43.7 Å². The van der Waals surface area contributed by atoms with Crippen molar-refractivity contribution in [2.45, 2.75) is 52.5 Å². The highest BCUT2D eigenvalue weighted by Gasteiger charge is 2.35. The van der Waals surface area contributed by atoms with Crippen molar-refractivity contribution in [1.82, 2.24) is 13.9 Å². The second-order valence-corrected chi connectivity index (χ2v) is 11.8. The van der Waals surface area contributed by atoms with Gasteiger partial charge in [-0.05, 0) is 81.1 Å². The zero-order valence-corrected chi connectivity index (χ0v) is 22.8. The average Bonchev–Trinajstić information content (AvgIpc) is 2.82. The number of aromatic nitrogens is 2. The summed E-state index contributed by atoms with van der Waals surface area (Å²) in [6, 6.07) is 15.4. The lowest BCUT2D eigenvalue weighted by Gasteiger charge is -2.32. The number of fused-ring (bicyclic) bond motifs is 1. The minimum Gasteiger partial charge on any atom is -0.268 e. The third-order valence-electron chi connectivity index (χ3n) is 6.41. The molecule has 1 atom stereocenters. The Labute approximate surface area is 217 Å². The largest absolute Gasteiger partial charge is 0.268 e. The lowest BCUT2D eigenvalue weighted by Crippen LogP contribution is -2.40. The van der Waals surface area contributed by atoms with Crippen LogP contribution in [-0.2, 0) is 10.0 Å². The number of sulfonamides is 1. The topological polar surface area (TPSA) is 72.3 Å². The van der Waals surface area contributed by atoms with Crippen LogP contribution in [0.25, 0.3) is 16.6 Å². The summed E-state index contributed by atoms with van der Waals surface area (Å²) in [6.45, 7) is 11.4. The molecule has 0 amide bonds. The summed E-state index contributed by atoms with van der Waals surface area (Å²) in [5.41, 5.74) is 2.86. The molecule has 0 spiro atoms. The van der Waals surface area contributed by atoms with Crippen LogP contribution in [-0.4, -0.2) is 28.8 Å². The van der Waals surface area contributed by atoms with E-state index < -0.39 is 21.9 Å². The highest BCUT2D eigenvalue weighted by molar-refractivity contribution is 7.89. The van der Waals surface area contributed by atoms with E-state index >= 15 is 0 Å². The predicted octanol–water partition coefficient (Wildman–Crippen LogP) is 5.86. The van der Waals surface area contributed by atoms with Gasteiger partial charge in [0.1, 0.15) is 11.6 Å². The van der Waals surface area contributed by atoms with Crippen molar-refractivity contribution < 1.29 is 12.8 Å². The second kappa shape index (κ2) is 10.2. The van der Waals surface area contributed by atoms with Crippen LogP contribution in [0, 0.1) is 32.5 Å². The number of nitrogens with zero attached hydrogens (tertiary/aromatic N) is 3. The van der Waals surface area contributed by atoms with E-state index in [1.54, 1.807) is 45.0 Å². The predicted molar refractivity (Wildman–Crippen MR) is 145 cm³/mol. The number of benzene rings is 3. The Bertz CT molecular complexity index is 1600. The number of hydrogen-bond donors (Lipinski definition) is 0. The molecule has 0 saturated heterocycles. The minimum absolute atomic E-state index is 0.00901. The van der Waals surface area contributed by atoms with Crippen molar-refractivity contribution in [1.29, 1.82) is 0 Å². The van der Waals surface area contributed by atoms with Crippen molar-refractivity contribution in [2.75, 3.05) is 6.54 Å². The van der Waals surface area contributed by atoms with E-state index in [9.17, 15) is 17.6 Å². The molecule has 1 unspecified atom stereocenters. The van der Waals surface area contributed by atoms with E-state index in [-0.39, 0.29) is 28.7 Å². The molecular formula is C29H32FN3O3S. The molecule has 1 aromatic heterocycles. The van der Waals surface area contributed by atoms with Crippen LogP contribution in [0.5, 0.6) is 0 Å². The van der Waals surface area contributed by atoms with Crippen LogP contribution in [0.3, 0.4) is 0 Å². The molecule has 37 heavy (non-hydrogen) atoms. The van der Waals surface area contributed by atoms with Crippen molar-refractivity contribution in [3.05, 3.63) is 99.3 Å². The molecular weight excluding hydrogens is 489 g/mol. The molecule has 194 valence electrons. The second-order valence-electron chi connectivity index (χ2n) is 9.98. The number of aryl methyl sites for hydroxylation is 3. The summed E-state index contributed by atoms with van der Waals surface area (Å²) in [5, 5.41) is 0.395. The maximum absolute atomic E-state index is 14.2. The van der Waals surface area contributed by atoms with Crippen molar-refractivity contribution in [3.8, 4) is 5.69 Å². The Balaban J connectivity index is 2.00. The molecule has 4 rings (SSSR count). The van der Waals surface area contributed by atoms with Crippen LogP contribution in [0.4, 0.5) is 4.39 Å². The smallest absolute Gasteiger partial charge is 0.266 e. The van der Waals surface area contributed by atoms with E-state index in [2.05, 4.69) is 0 Å². The standard InChI is InChI=1S/C29H32FN3O3S/c1-18(2)17-32(37(35,36)27-20(4)15-19(3)16-21(27)5)22(6)28-31-26-10-8-7-9-25(26)29(34)33(28)24-13-11-23(30)12-14-24/h7-16,18,22H,17H2,1-6H3. The third kappa shape index (κ3) is 5.08. The maximum Gasteiger partial charge on any atom is 0.266 e. The van der Waals surface area contributed by atoms with E-state index in [0.29, 0.717) is 27.7 Å². The first-order valence-electron chi connectivity index (χ1n) is 12.3. The lowest BCUT2D eigenvalue weighted by molar-refractivity contribution is 0.296. The van der Waals surface area contributed by atoms with Gasteiger partial charge in [0.2, 0.25) is 10.0 Å². The monoisotopic (exact) mass is 521 g/mol. The third-order valence-corrected chi connectivity index (χ3v) is 8.65. The van der Waals surface area contributed by atoms with Crippen molar-refractivity contribution in [2.24, 2.45) is 5.92 Å². The van der Waals surface area contributed by atoms with Crippen molar-refractivity contribution in [3.63, 3.8) is 0 Å². The minimum atomic E-state index is -3.98. The summed E-state index contributed by atoms with van der Waals surface area (Å²) in [4.78, 5) is 18.8. The molecule has 3 aromatic carbocycles. The molecule has 1 heterocycles. The van der Waals surface area contributed by atoms with Crippen LogP contribution in [0.2, 0.25) is 0 Å². The number of para-hydroxylation sites is 1. The van der Waals surface area contributed by atoms with Gasteiger partial charge in [0, 0.05) is 6.54 Å². The fourth-order valence-electron chi connectivity index (χ4n) is 4.91. The summed E-state index contributed by atoms with van der Waals surface area (Å²) in [7, 11) is -3.98. The Hall–Kier alpha value is -3.36. The van der Waals surface area contributed by atoms with Gasteiger partial charge in [0.25, 0.3) is 5.56 Å². The lowest BCUT2D eigenvalue weighted by atomic mass is 10.1. The highest BCUT2D eigenvalue weighted by Crippen LogP contribution is 2.32. The molecule has 0 radical (unpaired) electrons. The van der Waals surface area contributed by atoms with E-state index in [1.807, 2.05) is 32.9 Å². The zero-order valence-electron chi connectivity index (χ0n) is 22.0. The summed E-state index contributed by atoms with van der Waals surface area (Å²) < 4.78 is 45.0. The molecule has 0 saturated carbocycles. The SMILES string of the molecule is Cc1cc(C)c(S(=O)(=O)N(CC(C)C)C(C)c2nc3ccccc3c(=O)n2-c2ccc(F)cc2)c(C)c1. The number of hydrogen-bond acceptors (Lipinski definition) is 4. The zero-order chi connectivity index (χ0) is 27.1. The van der Waals surface area contributed by atoms with E-state index in [0.717, 1.165) is 5.56 Å². The van der Waals surface area contributed by atoms with Gasteiger partial charge < -0.3 is 0 Å². The first kappa shape index (κ1) is 26.7. The molecule has 6 nitrogen and oxygen atoms in total. The van der Waals surface area contributed by atoms with Crippen LogP contribution in [0.1, 0.15) is 49.3 Å². The van der Waals surface area contributed by atoms with Crippen LogP contribution in [0.15, 0.2) is 70.4 Å². The Kier molecular flexibility index (Phi) is 7.35. The van der Waals surface area contributed by atoms with Crippen LogP contribution < -0.4 is 5.56 Å². The fourth-order valence-corrected chi connectivity index (χ4v) is 7.08. The van der Waals surface area contributed by atoms with Gasteiger partial charge in [-0.15, -0.1) is 0 Å². The average molecular weight is 522 g/mol. The van der Waals surface area contributed by atoms with Crippen LogP contribution >= 0.6 is 0 Å². The Morgan fingerprint density at radius 2 is 1.54 bits per heavy atom. The van der Waals surface area contributed by atoms with Gasteiger partial charge in [-0.3, -0.25) is 9.36 Å². The molecule has 0 aliphatic rings. The van der Waals surface area contributed by atoms with Gasteiger partial charge in [-0.25, -0.2) is 17.8 Å². The fraction of sp³-hybridized carbons (Fsp3) is 0.310. The Morgan fingerprint density at radius 3 is 2.14 bits per heavy atom. The maximum atomic E-state index is 14.2. The first-order valence-corrected chi connectivity index (χ1v) is 13.7. The van der Waals surface area contributed by atoms with E-state index in [1.165, 1.54) is 33.1 Å². The number of halogens is 1. The van der Waals surface area contributed by atoms with E-state index in [4.69, 9.17) is 4.98 Å². The molecule has 0 bridgehead atoms. The van der Waals surface area contributed by atoms with Gasteiger partial charge in [0.15, 0.2) is 0 Å². The van der Waals surface area contributed by atoms with Gasteiger partial charge >= 0.3 is 0 Å².